The Labute approximate surface area is 128 Å². The highest BCUT2D eigenvalue weighted by atomic mass is 32.2. The Morgan fingerprint density at radius 3 is 3.24 bits per heavy atom. The van der Waals surface area contributed by atoms with Gasteiger partial charge in [0.15, 0.2) is 5.82 Å². The fraction of sp³-hybridized carbons (Fsp3) is 0.500. The third kappa shape index (κ3) is 4.03. The molecule has 1 saturated heterocycles. The van der Waals surface area contributed by atoms with Gasteiger partial charge in [-0.3, -0.25) is 15.0 Å². The van der Waals surface area contributed by atoms with E-state index in [4.69, 9.17) is 4.74 Å². The topological polar surface area (TPSA) is 66.9 Å². The summed E-state index contributed by atoms with van der Waals surface area (Å²) in [5.41, 5.74) is 0.818. The first kappa shape index (κ1) is 14.5. The number of morpholine rings is 1. The van der Waals surface area contributed by atoms with Gasteiger partial charge < -0.3 is 4.74 Å². The minimum Gasteiger partial charge on any atom is -0.376 e. The zero-order valence-corrected chi connectivity index (χ0v) is 12.8. The smallest absolute Gasteiger partial charge is 0.208 e. The summed E-state index contributed by atoms with van der Waals surface area (Å²) >= 11 is 1.67. The standard InChI is InChI=1S/C14H19N5OS/c1-11-10-19(6-8-20-11)7-9-21-14-16-13(17-18-14)12-4-2-3-5-15-12/h2-5,11H,6-10H2,1H3,(H,16,17,18)/t11-/m0/s1. The molecule has 3 rings (SSSR count). The van der Waals surface area contributed by atoms with Crippen molar-refractivity contribution in [3.05, 3.63) is 24.4 Å². The van der Waals surface area contributed by atoms with Crippen LogP contribution in [-0.4, -0.2) is 63.2 Å². The van der Waals surface area contributed by atoms with Crippen molar-refractivity contribution in [2.75, 3.05) is 32.0 Å². The summed E-state index contributed by atoms with van der Waals surface area (Å²) < 4.78 is 5.54. The Morgan fingerprint density at radius 1 is 1.48 bits per heavy atom. The van der Waals surface area contributed by atoms with E-state index in [0.717, 1.165) is 48.7 Å². The van der Waals surface area contributed by atoms with Crippen molar-refractivity contribution in [1.29, 1.82) is 0 Å². The first-order valence-corrected chi connectivity index (χ1v) is 8.10. The molecule has 1 aliphatic rings. The molecule has 0 aromatic carbocycles. The first-order valence-electron chi connectivity index (χ1n) is 7.12. The highest BCUT2D eigenvalue weighted by Gasteiger charge is 2.16. The SMILES string of the molecule is C[C@H]1CN(CCSc2n[nH]c(-c3ccccn3)n2)CCO1. The van der Waals surface area contributed by atoms with Crippen molar-refractivity contribution in [3.8, 4) is 11.5 Å². The van der Waals surface area contributed by atoms with E-state index in [1.807, 2.05) is 18.2 Å². The molecule has 2 aromatic heterocycles. The van der Waals surface area contributed by atoms with E-state index in [-0.39, 0.29) is 0 Å². The number of hydrogen-bond donors (Lipinski definition) is 1. The number of aromatic nitrogens is 4. The number of aromatic amines is 1. The second-order valence-electron chi connectivity index (χ2n) is 5.01. The quantitative estimate of drug-likeness (QED) is 0.848. The number of nitrogens with zero attached hydrogens (tertiary/aromatic N) is 4. The van der Waals surface area contributed by atoms with E-state index in [1.165, 1.54) is 0 Å². The van der Waals surface area contributed by atoms with Crippen LogP contribution in [0, 0.1) is 0 Å². The molecule has 0 spiro atoms. The number of rotatable bonds is 5. The Balaban J connectivity index is 1.49. The van der Waals surface area contributed by atoms with Gasteiger partial charge in [0.2, 0.25) is 5.16 Å². The lowest BCUT2D eigenvalue weighted by Gasteiger charge is -2.30. The molecule has 1 N–H and O–H groups in total. The van der Waals surface area contributed by atoms with Crippen LogP contribution in [0.1, 0.15) is 6.92 Å². The summed E-state index contributed by atoms with van der Waals surface area (Å²) in [5.74, 6) is 1.70. The maximum absolute atomic E-state index is 5.54. The number of pyridine rings is 1. The van der Waals surface area contributed by atoms with Crippen LogP contribution >= 0.6 is 11.8 Å². The molecule has 21 heavy (non-hydrogen) atoms. The minimum atomic E-state index is 0.336. The average molecular weight is 305 g/mol. The fourth-order valence-electron chi connectivity index (χ4n) is 2.29. The van der Waals surface area contributed by atoms with Crippen LogP contribution in [0.25, 0.3) is 11.5 Å². The molecule has 1 aliphatic heterocycles. The maximum Gasteiger partial charge on any atom is 0.208 e. The molecule has 1 fully saturated rings. The first-order chi connectivity index (χ1) is 10.3. The summed E-state index contributed by atoms with van der Waals surface area (Å²) in [4.78, 5) is 11.2. The maximum atomic E-state index is 5.54. The van der Waals surface area contributed by atoms with Crippen LogP contribution < -0.4 is 0 Å². The fourth-order valence-corrected chi connectivity index (χ4v) is 3.09. The highest BCUT2D eigenvalue weighted by Crippen LogP contribution is 2.17. The van der Waals surface area contributed by atoms with Gasteiger partial charge in [-0.2, -0.15) is 4.98 Å². The van der Waals surface area contributed by atoms with Gasteiger partial charge in [0.25, 0.3) is 0 Å². The summed E-state index contributed by atoms with van der Waals surface area (Å²) in [6, 6.07) is 5.75. The van der Waals surface area contributed by atoms with E-state index in [9.17, 15) is 0 Å². The van der Waals surface area contributed by atoms with Crippen molar-refractivity contribution in [3.63, 3.8) is 0 Å². The monoisotopic (exact) mass is 305 g/mol. The van der Waals surface area contributed by atoms with Crippen LogP contribution in [0.5, 0.6) is 0 Å². The molecule has 0 saturated carbocycles. The second-order valence-corrected chi connectivity index (χ2v) is 6.07. The number of thioether (sulfide) groups is 1. The summed E-state index contributed by atoms with van der Waals surface area (Å²) in [7, 11) is 0. The van der Waals surface area contributed by atoms with Crippen LogP contribution in [0.3, 0.4) is 0 Å². The molecule has 3 heterocycles. The molecule has 0 unspecified atom stereocenters. The molecule has 0 amide bonds. The van der Waals surface area contributed by atoms with Crippen molar-refractivity contribution in [1.82, 2.24) is 25.1 Å². The number of ether oxygens (including phenoxy) is 1. The number of nitrogens with one attached hydrogen (secondary N) is 1. The molecular weight excluding hydrogens is 286 g/mol. The summed E-state index contributed by atoms with van der Waals surface area (Å²) in [6.45, 7) is 6.00. The van der Waals surface area contributed by atoms with Crippen molar-refractivity contribution in [2.45, 2.75) is 18.2 Å². The molecular formula is C14H19N5OS. The molecule has 6 nitrogen and oxygen atoms in total. The van der Waals surface area contributed by atoms with Crippen molar-refractivity contribution in [2.24, 2.45) is 0 Å². The van der Waals surface area contributed by atoms with Gasteiger partial charge in [0, 0.05) is 31.6 Å². The minimum absolute atomic E-state index is 0.336. The van der Waals surface area contributed by atoms with Crippen LogP contribution in [0.15, 0.2) is 29.6 Å². The predicted octanol–water partition coefficient (Wildman–Crippen LogP) is 1.68. The van der Waals surface area contributed by atoms with Crippen molar-refractivity contribution >= 4 is 11.8 Å². The summed E-state index contributed by atoms with van der Waals surface area (Å²) in [6.07, 6.45) is 2.09. The Kier molecular flexibility index (Phi) is 4.84. The predicted molar refractivity (Wildman–Crippen MR) is 82.2 cm³/mol. The van der Waals surface area contributed by atoms with Gasteiger partial charge in [-0.15, -0.1) is 5.10 Å². The van der Waals surface area contributed by atoms with Gasteiger partial charge in [-0.05, 0) is 19.1 Å². The molecule has 2 aromatic rings. The van der Waals surface area contributed by atoms with Crippen LogP contribution in [-0.2, 0) is 4.74 Å². The zero-order chi connectivity index (χ0) is 14.5. The summed E-state index contributed by atoms with van der Waals surface area (Å²) in [5, 5.41) is 7.95. The molecule has 0 radical (unpaired) electrons. The molecule has 0 bridgehead atoms. The molecule has 0 aliphatic carbocycles. The van der Waals surface area contributed by atoms with Gasteiger partial charge in [0.1, 0.15) is 5.69 Å². The molecule has 7 heteroatoms. The van der Waals surface area contributed by atoms with E-state index >= 15 is 0 Å². The Hall–Kier alpha value is -1.44. The largest absolute Gasteiger partial charge is 0.376 e. The van der Waals surface area contributed by atoms with Crippen LogP contribution in [0.4, 0.5) is 0 Å². The number of hydrogen-bond acceptors (Lipinski definition) is 6. The Morgan fingerprint density at radius 2 is 2.43 bits per heavy atom. The molecule has 1 atom stereocenters. The van der Waals surface area contributed by atoms with Gasteiger partial charge >= 0.3 is 0 Å². The van der Waals surface area contributed by atoms with Gasteiger partial charge in [-0.1, -0.05) is 17.8 Å². The van der Waals surface area contributed by atoms with E-state index < -0.39 is 0 Å². The number of H-pyrrole nitrogens is 1. The van der Waals surface area contributed by atoms with Crippen molar-refractivity contribution < 1.29 is 4.74 Å². The lowest BCUT2D eigenvalue weighted by atomic mass is 10.3. The lowest BCUT2D eigenvalue weighted by molar-refractivity contribution is -0.0158. The normalized spacial score (nSPS) is 19.8. The van der Waals surface area contributed by atoms with Crippen LogP contribution in [0.2, 0.25) is 0 Å². The highest BCUT2D eigenvalue weighted by molar-refractivity contribution is 7.99. The third-order valence-electron chi connectivity index (χ3n) is 3.34. The average Bonchev–Trinajstić information content (AvgIpc) is 2.97. The van der Waals surface area contributed by atoms with Gasteiger partial charge in [-0.25, -0.2) is 0 Å². The molecule has 112 valence electrons. The zero-order valence-electron chi connectivity index (χ0n) is 12.0. The second kappa shape index (κ2) is 7.02. The lowest BCUT2D eigenvalue weighted by Crippen LogP contribution is -2.42. The Bertz CT molecular complexity index is 562. The van der Waals surface area contributed by atoms with E-state index in [1.54, 1.807) is 18.0 Å². The third-order valence-corrected chi connectivity index (χ3v) is 4.16. The van der Waals surface area contributed by atoms with Gasteiger partial charge in [0.05, 0.1) is 12.7 Å². The van der Waals surface area contributed by atoms with E-state index in [2.05, 4.69) is 32.0 Å². The van der Waals surface area contributed by atoms with E-state index in [0.29, 0.717) is 6.10 Å².